The van der Waals surface area contributed by atoms with Gasteiger partial charge in [0.2, 0.25) is 5.82 Å². The maximum atomic E-state index is 15.3. The predicted octanol–water partition coefficient (Wildman–Crippen LogP) is 7.80. The third kappa shape index (κ3) is 14.6. The summed E-state index contributed by atoms with van der Waals surface area (Å²) in [7, 11) is 2.12. The highest BCUT2D eigenvalue weighted by atomic mass is 19.2. The van der Waals surface area contributed by atoms with Gasteiger partial charge < -0.3 is 48.4 Å². The van der Waals surface area contributed by atoms with E-state index in [9.17, 15) is 41.9 Å². The number of hydrogen-bond acceptors (Lipinski definition) is 14. The first-order chi connectivity index (χ1) is 32.4. The Morgan fingerprint density at radius 3 is 1.57 bits per heavy atom. The maximum absolute atomic E-state index is 15.3. The number of halogens is 5. The highest BCUT2D eigenvalue weighted by Gasteiger charge is 2.44. The normalized spacial score (nSPS) is 19.7. The van der Waals surface area contributed by atoms with Crippen molar-refractivity contribution in [1.29, 1.82) is 0 Å². The van der Waals surface area contributed by atoms with Crippen molar-refractivity contribution in [2.24, 2.45) is 11.8 Å². The van der Waals surface area contributed by atoms with Gasteiger partial charge in [-0.15, -0.1) is 0 Å². The molecule has 4 heterocycles. The number of ketones is 2. The number of ether oxygens (including phenoxy) is 6. The van der Waals surface area contributed by atoms with E-state index in [2.05, 4.69) is 14.8 Å². The fourth-order valence-corrected chi connectivity index (χ4v) is 8.64. The van der Waals surface area contributed by atoms with Crippen LogP contribution in [0, 0.1) is 40.9 Å². The van der Waals surface area contributed by atoms with Gasteiger partial charge in [-0.3, -0.25) is 19.2 Å². The second-order valence-corrected chi connectivity index (χ2v) is 18.8. The Morgan fingerprint density at radius 1 is 0.623 bits per heavy atom. The van der Waals surface area contributed by atoms with Gasteiger partial charge in [0.15, 0.2) is 46.3 Å². The molecular formula is C48H65F5N4O12. The molecule has 21 heteroatoms. The summed E-state index contributed by atoms with van der Waals surface area (Å²) in [5.74, 6) is -10.5. The number of methoxy groups -OCH3 is 2. The number of fused-ring (bicyclic) bond motifs is 2. The van der Waals surface area contributed by atoms with E-state index in [4.69, 9.17) is 18.9 Å². The van der Waals surface area contributed by atoms with Gasteiger partial charge in [0.1, 0.15) is 29.7 Å². The van der Waals surface area contributed by atoms with Crippen LogP contribution < -0.4 is 19.7 Å². The minimum atomic E-state index is -1.53. The lowest BCUT2D eigenvalue weighted by Gasteiger charge is -2.37. The number of amides is 2. The first kappa shape index (κ1) is 55.9. The fourth-order valence-electron chi connectivity index (χ4n) is 8.64. The van der Waals surface area contributed by atoms with Gasteiger partial charge in [-0.05, 0) is 105 Å². The van der Waals surface area contributed by atoms with Crippen molar-refractivity contribution in [3.8, 4) is 11.5 Å². The molecule has 2 aromatic rings. The number of esters is 2. The number of nitrogens with zero attached hydrogens (tertiary/aromatic N) is 3. The van der Waals surface area contributed by atoms with Gasteiger partial charge in [-0.25, -0.2) is 27.2 Å². The SMILES string of the molecule is CC(C)(C)OC(=O)N1CCCC2CNCC21.CCOC(=O)CC(=O)c1cc(F)c(F)c(OC)c1F.CCOC(=O)CC(=O)c1cc(F)c(N2C[C@@H]3CCCN(C(=O)OC(C)(C)C)[C@@H]3C2)c(OC)c1F. The zero-order valence-electron chi connectivity index (χ0n) is 41.0. The number of anilines is 1. The quantitative estimate of drug-likeness (QED) is 0.0576. The molecule has 4 aliphatic rings. The maximum Gasteiger partial charge on any atom is 0.410 e. The van der Waals surface area contributed by atoms with Crippen LogP contribution in [-0.4, -0.2) is 135 Å². The van der Waals surface area contributed by atoms with Crippen LogP contribution in [0.15, 0.2) is 12.1 Å². The number of likely N-dealkylation sites (tertiary alicyclic amines) is 2. The molecule has 4 atom stereocenters. The third-order valence-electron chi connectivity index (χ3n) is 11.5. The number of carbonyl (C=O) groups is 6. The zero-order valence-corrected chi connectivity index (χ0v) is 41.0. The number of hydrogen-bond donors (Lipinski definition) is 1. The lowest BCUT2D eigenvalue weighted by atomic mass is 9.92. The van der Waals surface area contributed by atoms with Crippen LogP contribution in [0.3, 0.4) is 0 Å². The third-order valence-corrected chi connectivity index (χ3v) is 11.5. The molecule has 0 spiro atoms. The van der Waals surface area contributed by atoms with Crippen molar-refractivity contribution in [3.63, 3.8) is 0 Å². The molecule has 69 heavy (non-hydrogen) atoms. The minimum Gasteiger partial charge on any atom is -0.491 e. The van der Waals surface area contributed by atoms with Crippen molar-refractivity contribution < 1.29 is 79.1 Å². The molecule has 2 aromatic carbocycles. The Labute approximate surface area is 399 Å². The molecule has 6 rings (SSSR count). The summed E-state index contributed by atoms with van der Waals surface area (Å²) in [5, 5.41) is 3.36. The van der Waals surface area contributed by atoms with Gasteiger partial charge in [-0.1, -0.05) is 0 Å². The second-order valence-electron chi connectivity index (χ2n) is 18.8. The van der Waals surface area contributed by atoms with Crippen molar-refractivity contribution in [1.82, 2.24) is 15.1 Å². The Kier molecular flexibility index (Phi) is 19.6. The Bertz CT molecular complexity index is 2200. The van der Waals surface area contributed by atoms with E-state index >= 15 is 8.78 Å². The minimum absolute atomic E-state index is 0.0513. The van der Waals surface area contributed by atoms with Crippen molar-refractivity contribution in [2.75, 3.05) is 71.6 Å². The van der Waals surface area contributed by atoms with E-state index in [0.717, 1.165) is 52.1 Å². The van der Waals surface area contributed by atoms with Crippen LogP contribution in [-0.2, 0) is 28.5 Å². The van der Waals surface area contributed by atoms with Crippen LogP contribution in [0.2, 0.25) is 0 Å². The summed E-state index contributed by atoms with van der Waals surface area (Å²) >= 11 is 0. The number of Topliss-reactive ketones (excluding diaryl/α,β-unsaturated/α-hetero) is 2. The van der Waals surface area contributed by atoms with E-state index in [0.29, 0.717) is 31.1 Å². The number of benzene rings is 2. The Morgan fingerprint density at radius 2 is 1.09 bits per heavy atom. The average Bonchev–Trinajstić information content (AvgIpc) is 3.93. The van der Waals surface area contributed by atoms with E-state index < -0.39 is 105 Å². The monoisotopic (exact) mass is 984 g/mol. The molecule has 384 valence electrons. The van der Waals surface area contributed by atoms with Gasteiger partial charge in [0.05, 0.1) is 50.6 Å². The number of nitrogens with one attached hydrogen (secondary N) is 1. The highest BCUT2D eigenvalue weighted by molar-refractivity contribution is 6.07. The molecule has 0 radical (unpaired) electrons. The topological polar surface area (TPSA) is 180 Å². The molecule has 1 N–H and O–H groups in total. The van der Waals surface area contributed by atoms with Gasteiger partial charge in [0, 0.05) is 39.3 Å². The summed E-state index contributed by atoms with van der Waals surface area (Å²) in [6, 6.07) is 1.31. The molecule has 0 aliphatic carbocycles. The number of rotatable bonds is 11. The fraction of sp³-hybridized carbons (Fsp3) is 0.625. The highest BCUT2D eigenvalue weighted by Crippen LogP contribution is 2.42. The second kappa shape index (κ2) is 24.2. The van der Waals surface area contributed by atoms with E-state index in [1.807, 2.05) is 25.7 Å². The van der Waals surface area contributed by atoms with Gasteiger partial charge >= 0.3 is 24.1 Å². The van der Waals surface area contributed by atoms with Crippen molar-refractivity contribution in [2.45, 2.75) is 117 Å². The Balaban J connectivity index is 0.000000249. The van der Waals surface area contributed by atoms with Gasteiger partial charge in [0.25, 0.3) is 0 Å². The predicted molar refractivity (Wildman–Crippen MR) is 241 cm³/mol. The van der Waals surface area contributed by atoms with Crippen molar-refractivity contribution >= 4 is 41.4 Å². The Hall–Kier alpha value is -5.73. The van der Waals surface area contributed by atoms with E-state index in [-0.39, 0.29) is 43.5 Å². The molecule has 0 aromatic heterocycles. The molecule has 2 amide bonds. The summed E-state index contributed by atoms with van der Waals surface area (Å²) in [6.07, 6.45) is 1.91. The molecule has 16 nitrogen and oxygen atoms in total. The molecule has 4 aliphatic heterocycles. The van der Waals surface area contributed by atoms with Crippen LogP contribution >= 0.6 is 0 Å². The lowest BCUT2D eigenvalue weighted by molar-refractivity contribution is -0.143. The molecule has 0 bridgehead atoms. The lowest BCUT2D eigenvalue weighted by Crippen LogP contribution is -2.50. The van der Waals surface area contributed by atoms with E-state index in [1.54, 1.807) is 37.5 Å². The van der Waals surface area contributed by atoms with Crippen LogP contribution in [0.1, 0.15) is 115 Å². The first-order valence-electron chi connectivity index (χ1n) is 23.0. The largest absolute Gasteiger partial charge is 0.491 e. The van der Waals surface area contributed by atoms with Crippen LogP contribution in [0.5, 0.6) is 11.5 Å². The molecular weight excluding hydrogens is 920 g/mol. The molecule has 4 fully saturated rings. The smallest absolute Gasteiger partial charge is 0.410 e. The molecule has 4 saturated heterocycles. The summed E-state index contributed by atoms with van der Waals surface area (Å²) in [4.78, 5) is 76.7. The zero-order chi connectivity index (χ0) is 51.5. The molecule has 2 unspecified atom stereocenters. The summed E-state index contributed by atoms with van der Waals surface area (Å²) < 4.78 is 100. The number of carbonyl (C=O) groups excluding carboxylic acids is 6. The molecule has 0 saturated carbocycles. The van der Waals surface area contributed by atoms with Crippen molar-refractivity contribution in [3.05, 3.63) is 52.3 Å². The average molecular weight is 985 g/mol. The summed E-state index contributed by atoms with van der Waals surface area (Å²) in [5.41, 5.74) is -2.48. The van der Waals surface area contributed by atoms with Crippen LogP contribution in [0.25, 0.3) is 0 Å². The van der Waals surface area contributed by atoms with Crippen LogP contribution in [0.4, 0.5) is 37.2 Å². The first-order valence-corrected chi connectivity index (χ1v) is 23.0. The van der Waals surface area contributed by atoms with E-state index in [1.165, 1.54) is 20.5 Å². The van der Waals surface area contributed by atoms with Gasteiger partial charge in [-0.2, -0.15) is 4.39 Å². The summed E-state index contributed by atoms with van der Waals surface area (Å²) in [6.45, 7) is 18.4. The number of piperidine rings is 2. The standard InChI is InChI=1S/C24H32F2N2O6.C12H11F3O4.C12H22N2O2/c1-6-33-19(30)11-18(29)15-10-16(25)21(22(32-5)20(15)26)27-12-14-8-7-9-28(17(14)13-27)23(31)34-24(2,3)4;1-3-19-9(17)5-8(16)6-4-7(13)11(15)12(18-2)10(6)14;1-12(2,3)16-11(15)14-6-4-5-9-7-13-8-10(9)14/h10,14,17H,6-9,11-13H2,1-5H3;4H,3,5H2,1-2H3;9-10,13H,4-8H2,1-3H3/t14-,17+;;/m0../s1.